The van der Waals surface area contributed by atoms with Crippen LogP contribution < -0.4 is 0 Å². The fraction of sp³-hybridized carbons (Fsp3) is 0. The second-order valence-corrected chi connectivity index (χ2v) is 17.8. The number of fused-ring (bicyclic) bond motifs is 17. The lowest BCUT2D eigenvalue weighted by molar-refractivity contribution is 0.670. The van der Waals surface area contributed by atoms with Gasteiger partial charge in [-0.15, -0.1) is 0 Å². The number of rotatable bonds is 3. The van der Waals surface area contributed by atoms with Crippen molar-refractivity contribution in [3.8, 4) is 33.4 Å². The molecule has 298 valence electrons. The number of hydrogen-bond acceptors (Lipinski definition) is 1. The van der Waals surface area contributed by atoms with Gasteiger partial charge in [-0.3, -0.25) is 0 Å². The Balaban J connectivity index is 1.09. The SMILES string of the molecule is c1ccc2c(c1)oc1c(-c3c4cccc(-c5cccc6c7cccc8c9ccccc9n(c56)c87)c4cc4c(-c5cccc6c7cccc8c9ccccc9n(c56)c87)cccc34)cccc12. The van der Waals surface area contributed by atoms with E-state index in [9.17, 15) is 0 Å². The molecule has 0 amide bonds. The van der Waals surface area contributed by atoms with Crippen LogP contribution in [0.5, 0.6) is 0 Å². The molecular formula is C62H34N2O. The molecule has 0 bridgehead atoms. The molecular weight excluding hydrogens is 789 g/mol. The summed E-state index contributed by atoms with van der Waals surface area (Å²) < 4.78 is 11.9. The van der Waals surface area contributed by atoms with Gasteiger partial charge in [0.25, 0.3) is 0 Å². The molecule has 16 aromatic rings. The molecule has 0 N–H and O–H groups in total. The summed E-state index contributed by atoms with van der Waals surface area (Å²) in [6, 6.07) is 76.5. The van der Waals surface area contributed by atoms with E-state index in [-0.39, 0.29) is 0 Å². The summed E-state index contributed by atoms with van der Waals surface area (Å²) in [5, 5.41) is 17.3. The Kier molecular flexibility index (Phi) is 6.30. The van der Waals surface area contributed by atoms with E-state index in [0.29, 0.717) is 0 Å². The third-order valence-electron chi connectivity index (χ3n) is 14.8. The average molecular weight is 823 g/mol. The molecule has 0 aliphatic rings. The molecule has 0 atom stereocenters. The van der Waals surface area contributed by atoms with Crippen molar-refractivity contribution in [2.24, 2.45) is 0 Å². The first-order valence-electron chi connectivity index (χ1n) is 22.5. The minimum Gasteiger partial charge on any atom is -0.455 e. The van der Waals surface area contributed by atoms with Crippen LogP contribution in [0, 0.1) is 0 Å². The van der Waals surface area contributed by atoms with Crippen LogP contribution in [-0.2, 0) is 0 Å². The Labute approximate surface area is 370 Å². The smallest absolute Gasteiger partial charge is 0.143 e. The summed E-state index contributed by atoms with van der Waals surface area (Å²) in [6.45, 7) is 0. The quantitative estimate of drug-likeness (QED) is 0.163. The third kappa shape index (κ3) is 4.17. The topological polar surface area (TPSA) is 22.0 Å². The Morgan fingerprint density at radius 3 is 1.15 bits per heavy atom. The van der Waals surface area contributed by atoms with Gasteiger partial charge in [0, 0.05) is 76.1 Å². The molecule has 0 radical (unpaired) electrons. The number of nitrogens with zero attached hydrogens (tertiary/aromatic N) is 2. The van der Waals surface area contributed by atoms with Crippen molar-refractivity contribution in [1.82, 2.24) is 8.80 Å². The van der Waals surface area contributed by atoms with E-state index in [1.165, 1.54) is 126 Å². The number of aromatic nitrogens is 2. The zero-order valence-electron chi connectivity index (χ0n) is 34.9. The van der Waals surface area contributed by atoms with Crippen molar-refractivity contribution in [3.63, 3.8) is 0 Å². The third-order valence-corrected chi connectivity index (χ3v) is 14.8. The molecule has 5 heterocycles. The van der Waals surface area contributed by atoms with Crippen molar-refractivity contribution in [2.45, 2.75) is 0 Å². The highest BCUT2D eigenvalue weighted by molar-refractivity contribution is 6.29. The van der Waals surface area contributed by atoms with E-state index in [1.807, 2.05) is 0 Å². The first-order chi connectivity index (χ1) is 32.3. The van der Waals surface area contributed by atoms with E-state index in [1.54, 1.807) is 0 Å². The summed E-state index contributed by atoms with van der Waals surface area (Å²) in [5.41, 5.74) is 16.4. The standard InChI is InChI=1S/C62H34N2O/c1-4-31-54-37(14-1)44-23-11-27-48-46-25-9-21-42(58(46)63(54)60(44)48)35-17-7-19-40-52(35)34-53-36(18-8-20-41(53)57(40)51-30-13-29-50-39-16-3-6-33-56(39)65-62(50)51)43-22-10-26-47-49-28-12-24-45-38-15-2-5-32-55(38)64(59(43)47)61(45)49/h1-34H. The van der Waals surface area contributed by atoms with Gasteiger partial charge in [-0.25, -0.2) is 0 Å². The van der Waals surface area contributed by atoms with Crippen molar-refractivity contribution in [1.29, 1.82) is 0 Å². The molecule has 0 saturated carbocycles. The summed E-state index contributed by atoms with van der Waals surface area (Å²) in [7, 11) is 0. The monoisotopic (exact) mass is 822 g/mol. The van der Waals surface area contributed by atoms with Gasteiger partial charge in [0.15, 0.2) is 0 Å². The molecule has 0 saturated heterocycles. The van der Waals surface area contributed by atoms with Crippen LogP contribution in [0.2, 0.25) is 0 Å². The molecule has 0 fully saturated rings. The second kappa shape index (κ2) is 12.1. The number of para-hydroxylation sites is 8. The first kappa shape index (κ1) is 33.9. The van der Waals surface area contributed by atoms with E-state index in [0.717, 1.165) is 27.5 Å². The molecule has 5 aromatic heterocycles. The van der Waals surface area contributed by atoms with Crippen LogP contribution in [0.25, 0.3) is 153 Å². The number of benzene rings is 11. The van der Waals surface area contributed by atoms with Crippen molar-refractivity contribution in [2.75, 3.05) is 0 Å². The molecule has 3 heteroatoms. The Morgan fingerprint density at radius 2 is 0.615 bits per heavy atom. The summed E-state index contributed by atoms with van der Waals surface area (Å²) in [6.07, 6.45) is 0. The zero-order chi connectivity index (χ0) is 42.1. The minimum atomic E-state index is 0.898. The van der Waals surface area contributed by atoms with Gasteiger partial charge in [-0.05, 0) is 56.9 Å². The highest BCUT2D eigenvalue weighted by atomic mass is 16.3. The predicted molar refractivity (Wildman–Crippen MR) is 274 cm³/mol. The Morgan fingerprint density at radius 1 is 0.246 bits per heavy atom. The lowest BCUT2D eigenvalue weighted by atomic mass is 9.85. The zero-order valence-corrected chi connectivity index (χ0v) is 34.9. The average Bonchev–Trinajstić information content (AvgIpc) is 4.17. The Hall–Kier alpha value is -8.66. The van der Waals surface area contributed by atoms with E-state index < -0.39 is 0 Å². The fourth-order valence-corrected chi connectivity index (χ4v) is 12.2. The molecule has 11 aromatic carbocycles. The molecule has 3 nitrogen and oxygen atoms in total. The number of furan rings is 1. The van der Waals surface area contributed by atoms with Gasteiger partial charge in [0.05, 0.1) is 33.1 Å². The van der Waals surface area contributed by atoms with Gasteiger partial charge in [0.1, 0.15) is 11.2 Å². The van der Waals surface area contributed by atoms with Gasteiger partial charge >= 0.3 is 0 Å². The van der Waals surface area contributed by atoms with E-state index >= 15 is 0 Å². The van der Waals surface area contributed by atoms with Crippen LogP contribution in [0.3, 0.4) is 0 Å². The molecule has 65 heavy (non-hydrogen) atoms. The lowest BCUT2D eigenvalue weighted by Gasteiger charge is -2.18. The number of hydrogen-bond donors (Lipinski definition) is 0. The summed E-state index contributed by atoms with van der Waals surface area (Å²) >= 11 is 0. The van der Waals surface area contributed by atoms with Crippen LogP contribution in [-0.4, -0.2) is 8.80 Å². The maximum Gasteiger partial charge on any atom is 0.143 e. The highest BCUT2D eigenvalue weighted by Gasteiger charge is 2.25. The molecule has 0 spiro atoms. The molecule has 0 aliphatic heterocycles. The second-order valence-electron chi connectivity index (χ2n) is 17.8. The maximum atomic E-state index is 6.88. The van der Waals surface area contributed by atoms with Gasteiger partial charge in [-0.2, -0.15) is 0 Å². The van der Waals surface area contributed by atoms with E-state index in [2.05, 4.69) is 215 Å². The van der Waals surface area contributed by atoms with E-state index in [4.69, 9.17) is 4.42 Å². The van der Waals surface area contributed by atoms with Crippen molar-refractivity contribution < 1.29 is 4.42 Å². The predicted octanol–water partition coefficient (Wildman–Crippen LogP) is 17.2. The van der Waals surface area contributed by atoms with Gasteiger partial charge in [-0.1, -0.05) is 182 Å². The van der Waals surface area contributed by atoms with Crippen LogP contribution in [0.4, 0.5) is 0 Å². The summed E-state index contributed by atoms with van der Waals surface area (Å²) in [4.78, 5) is 0. The fourth-order valence-electron chi connectivity index (χ4n) is 12.2. The lowest BCUT2D eigenvalue weighted by Crippen LogP contribution is -1.93. The van der Waals surface area contributed by atoms with Crippen LogP contribution in [0.15, 0.2) is 211 Å². The first-order valence-corrected chi connectivity index (χ1v) is 22.5. The maximum absolute atomic E-state index is 6.88. The van der Waals surface area contributed by atoms with Crippen LogP contribution in [0.1, 0.15) is 0 Å². The minimum absolute atomic E-state index is 0.898. The Bertz CT molecular complexity index is 4470. The van der Waals surface area contributed by atoms with Crippen molar-refractivity contribution in [3.05, 3.63) is 206 Å². The van der Waals surface area contributed by atoms with Gasteiger partial charge in [0.2, 0.25) is 0 Å². The largest absolute Gasteiger partial charge is 0.455 e. The molecule has 16 rings (SSSR count). The van der Waals surface area contributed by atoms with Gasteiger partial charge < -0.3 is 13.2 Å². The summed E-state index contributed by atoms with van der Waals surface area (Å²) in [5.74, 6) is 0. The molecule has 0 unspecified atom stereocenters. The normalized spacial score (nSPS) is 12.6. The molecule has 0 aliphatic carbocycles. The van der Waals surface area contributed by atoms with Crippen LogP contribution >= 0.6 is 0 Å². The highest BCUT2D eigenvalue weighted by Crippen LogP contribution is 2.50. The van der Waals surface area contributed by atoms with Crippen molar-refractivity contribution >= 4 is 120 Å².